The molecule has 0 bridgehead atoms. The first-order chi connectivity index (χ1) is 11.4. The SMILES string of the molecule is C1CCC(c2noc(COc3nsnc3N3CCOCC3)n2)C1. The first-order valence-electron chi connectivity index (χ1n) is 8.00. The molecule has 124 valence electrons. The normalized spacial score (nSPS) is 19.4. The van der Waals surface area contributed by atoms with E-state index in [9.17, 15) is 0 Å². The average Bonchev–Trinajstić information content (AvgIpc) is 3.33. The highest BCUT2D eigenvalue weighted by Gasteiger charge is 2.23. The van der Waals surface area contributed by atoms with Crippen LogP contribution in [0.1, 0.15) is 43.3 Å². The summed E-state index contributed by atoms with van der Waals surface area (Å²) in [5.41, 5.74) is 0. The Morgan fingerprint density at radius 2 is 2.00 bits per heavy atom. The van der Waals surface area contributed by atoms with Crippen LogP contribution in [0.5, 0.6) is 5.88 Å². The van der Waals surface area contributed by atoms with E-state index in [2.05, 4.69) is 23.8 Å². The Morgan fingerprint density at radius 1 is 1.17 bits per heavy atom. The number of ether oxygens (including phenoxy) is 2. The zero-order valence-corrected chi connectivity index (χ0v) is 13.6. The van der Waals surface area contributed by atoms with Crippen molar-refractivity contribution in [3.05, 3.63) is 11.7 Å². The van der Waals surface area contributed by atoms with Crippen molar-refractivity contribution < 1.29 is 14.0 Å². The molecule has 2 aromatic heterocycles. The lowest BCUT2D eigenvalue weighted by Gasteiger charge is -2.26. The average molecular weight is 337 g/mol. The molecule has 23 heavy (non-hydrogen) atoms. The van der Waals surface area contributed by atoms with Crippen LogP contribution in [0.25, 0.3) is 0 Å². The van der Waals surface area contributed by atoms with Crippen LogP contribution in [0.2, 0.25) is 0 Å². The summed E-state index contributed by atoms with van der Waals surface area (Å²) in [6.45, 7) is 3.22. The van der Waals surface area contributed by atoms with Gasteiger partial charge in [0.1, 0.15) is 0 Å². The fourth-order valence-corrected chi connectivity index (χ4v) is 3.56. The molecule has 0 amide bonds. The summed E-state index contributed by atoms with van der Waals surface area (Å²) < 4.78 is 25.0. The maximum absolute atomic E-state index is 5.75. The molecule has 1 aliphatic heterocycles. The van der Waals surface area contributed by atoms with E-state index in [4.69, 9.17) is 14.0 Å². The molecule has 0 unspecified atom stereocenters. The van der Waals surface area contributed by atoms with Gasteiger partial charge in [0.2, 0.25) is 5.82 Å². The lowest BCUT2D eigenvalue weighted by molar-refractivity contribution is 0.122. The van der Waals surface area contributed by atoms with Crippen molar-refractivity contribution in [2.45, 2.75) is 38.2 Å². The van der Waals surface area contributed by atoms with Crippen LogP contribution in [-0.2, 0) is 11.3 Å². The van der Waals surface area contributed by atoms with Gasteiger partial charge in [0, 0.05) is 19.0 Å². The predicted octanol–water partition coefficient (Wildman–Crippen LogP) is 1.99. The summed E-state index contributed by atoms with van der Waals surface area (Å²) in [4.78, 5) is 6.58. The van der Waals surface area contributed by atoms with Crippen LogP contribution in [0.15, 0.2) is 4.52 Å². The molecule has 0 spiro atoms. The maximum Gasteiger partial charge on any atom is 0.271 e. The van der Waals surface area contributed by atoms with Crippen LogP contribution >= 0.6 is 11.7 Å². The number of morpholine rings is 1. The second kappa shape index (κ2) is 6.79. The monoisotopic (exact) mass is 337 g/mol. The summed E-state index contributed by atoms with van der Waals surface area (Å²) in [6, 6.07) is 0. The molecule has 1 aliphatic carbocycles. The van der Waals surface area contributed by atoms with E-state index in [1.54, 1.807) is 0 Å². The molecule has 0 radical (unpaired) electrons. The number of nitrogens with zero attached hydrogens (tertiary/aromatic N) is 5. The minimum Gasteiger partial charge on any atom is -0.464 e. The molecular weight excluding hydrogens is 318 g/mol. The van der Waals surface area contributed by atoms with Crippen LogP contribution in [0, 0.1) is 0 Å². The lowest BCUT2D eigenvalue weighted by Crippen LogP contribution is -2.36. The molecule has 2 aliphatic rings. The largest absolute Gasteiger partial charge is 0.464 e. The molecule has 8 nitrogen and oxygen atoms in total. The summed E-state index contributed by atoms with van der Waals surface area (Å²) in [6.07, 6.45) is 4.80. The van der Waals surface area contributed by atoms with Gasteiger partial charge >= 0.3 is 0 Å². The van der Waals surface area contributed by atoms with E-state index in [1.807, 2.05) is 0 Å². The van der Waals surface area contributed by atoms with E-state index in [-0.39, 0.29) is 6.61 Å². The van der Waals surface area contributed by atoms with Crippen molar-refractivity contribution in [3.8, 4) is 5.88 Å². The second-order valence-corrected chi connectivity index (χ2v) is 6.34. The van der Waals surface area contributed by atoms with E-state index in [0.717, 1.165) is 49.3 Å². The Kier molecular flexibility index (Phi) is 4.38. The molecule has 2 fully saturated rings. The number of anilines is 1. The fraction of sp³-hybridized carbons (Fsp3) is 0.714. The van der Waals surface area contributed by atoms with Crippen molar-refractivity contribution >= 4 is 17.5 Å². The van der Waals surface area contributed by atoms with Gasteiger partial charge in [0.25, 0.3) is 11.8 Å². The third-order valence-electron chi connectivity index (χ3n) is 4.29. The van der Waals surface area contributed by atoms with Crippen LogP contribution in [-0.4, -0.2) is 45.2 Å². The standard InChI is InChI=1S/C14H19N5O3S/c1-2-4-10(3-1)12-15-11(22-16-12)9-21-14-13(17-23-18-14)19-5-7-20-8-6-19/h10H,1-9H2. The van der Waals surface area contributed by atoms with E-state index >= 15 is 0 Å². The third kappa shape index (κ3) is 3.30. The van der Waals surface area contributed by atoms with Gasteiger partial charge in [-0.2, -0.15) is 9.36 Å². The number of hydrogen-bond donors (Lipinski definition) is 0. The Hall–Kier alpha value is -1.74. The number of aromatic nitrogens is 4. The summed E-state index contributed by atoms with van der Waals surface area (Å²) in [5, 5.41) is 4.08. The smallest absolute Gasteiger partial charge is 0.271 e. The molecule has 0 aromatic carbocycles. The summed E-state index contributed by atoms with van der Waals surface area (Å²) >= 11 is 1.15. The highest BCUT2D eigenvalue weighted by atomic mass is 32.1. The molecular formula is C14H19N5O3S. The third-order valence-corrected chi connectivity index (χ3v) is 4.79. The van der Waals surface area contributed by atoms with Crippen molar-refractivity contribution in [3.63, 3.8) is 0 Å². The second-order valence-electron chi connectivity index (χ2n) is 5.81. The first-order valence-corrected chi connectivity index (χ1v) is 8.74. The molecule has 4 rings (SSSR count). The molecule has 1 saturated carbocycles. The maximum atomic E-state index is 5.75. The van der Waals surface area contributed by atoms with Gasteiger partial charge in [0.15, 0.2) is 12.4 Å². The Labute approximate surface area is 138 Å². The predicted molar refractivity (Wildman–Crippen MR) is 82.8 cm³/mol. The van der Waals surface area contributed by atoms with Crippen molar-refractivity contribution in [2.75, 3.05) is 31.2 Å². The lowest BCUT2D eigenvalue weighted by atomic mass is 10.1. The Bertz CT molecular complexity index is 634. The summed E-state index contributed by atoms with van der Waals surface area (Å²) in [7, 11) is 0. The minimum absolute atomic E-state index is 0.225. The fourth-order valence-electron chi connectivity index (χ4n) is 3.04. The van der Waals surface area contributed by atoms with Gasteiger partial charge in [-0.05, 0) is 12.8 Å². The topological polar surface area (TPSA) is 86.4 Å². The molecule has 9 heteroatoms. The van der Waals surface area contributed by atoms with Gasteiger partial charge in [-0.25, -0.2) is 0 Å². The van der Waals surface area contributed by atoms with Crippen molar-refractivity contribution in [2.24, 2.45) is 0 Å². The molecule has 3 heterocycles. The molecule has 2 aromatic rings. The zero-order chi connectivity index (χ0) is 15.5. The number of hydrogen-bond acceptors (Lipinski definition) is 9. The Morgan fingerprint density at radius 3 is 2.83 bits per heavy atom. The highest BCUT2D eigenvalue weighted by Crippen LogP contribution is 2.32. The summed E-state index contributed by atoms with van der Waals surface area (Å²) in [5.74, 6) is 3.04. The molecule has 0 atom stereocenters. The molecule has 1 saturated heterocycles. The van der Waals surface area contributed by atoms with Gasteiger partial charge in [-0.3, -0.25) is 0 Å². The van der Waals surface area contributed by atoms with Gasteiger partial charge in [-0.1, -0.05) is 18.0 Å². The highest BCUT2D eigenvalue weighted by molar-refractivity contribution is 6.99. The van der Waals surface area contributed by atoms with Crippen molar-refractivity contribution in [1.82, 2.24) is 18.9 Å². The van der Waals surface area contributed by atoms with E-state index in [1.165, 1.54) is 12.8 Å². The minimum atomic E-state index is 0.225. The van der Waals surface area contributed by atoms with Crippen LogP contribution in [0.4, 0.5) is 5.82 Å². The molecule has 0 N–H and O–H groups in total. The van der Waals surface area contributed by atoms with Gasteiger partial charge in [0.05, 0.1) is 24.9 Å². The number of rotatable bonds is 5. The van der Waals surface area contributed by atoms with E-state index < -0.39 is 0 Å². The quantitative estimate of drug-likeness (QED) is 0.819. The van der Waals surface area contributed by atoms with E-state index in [0.29, 0.717) is 30.9 Å². The van der Waals surface area contributed by atoms with Gasteiger partial charge in [-0.15, -0.1) is 4.37 Å². The first kappa shape index (κ1) is 14.8. The Balaban J connectivity index is 1.38. The van der Waals surface area contributed by atoms with Crippen molar-refractivity contribution in [1.29, 1.82) is 0 Å². The zero-order valence-electron chi connectivity index (χ0n) is 12.8. The van der Waals surface area contributed by atoms with Crippen LogP contribution in [0.3, 0.4) is 0 Å². The van der Waals surface area contributed by atoms with Crippen LogP contribution < -0.4 is 9.64 Å². The van der Waals surface area contributed by atoms with Gasteiger partial charge < -0.3 is 18.9 Å².